The lowest BCUT2D eigenvalue weighted by atomic mass is 9.78. The van der Waals surface area contributed by atoms with Crippen molar-refractivity contribution in [3.63, 3.8) is 0 Å². The van der Waals surface area contributed by atoms with Crippen LogP contribution in [0, 0.1) is 9.49 Å². The van der Waals surface area contributed by atoms with Crippen LogP contribution in [0.3, 0.4) is 0 Å². The molecule has 1 aromatic rings. The molecule has 116 valence electrons. The van der Waals surface area contributed by atoms with E-state index in [0.29, 0.717) is 18.4 Å². The maximum absolute atomic E-state index is 12.3. The van der Waals surface area contributed by atoms with Crippen LogP contribution in [0.15, 0.2) is 4.79 Å². The van der Waals surface area contributed by atoms with Gasteiger partial charge in [0.25, 0.3) is 5.56 Å². The highest BCUT2D eigenvalue weighted by Crippen LogP contribution is 2.44. The largest absolute Gasteiger partial charge is 0.367 e. The Kier molecular flexibility index (Phi) is 4.41. The van der Waals surface area contributed by atoms with Gasteiger partial charge in [-0.1, -0.05) is 13.3 Å². The molecule has 0 aliphatic heterocycles. The lowest BCUT2D eigenvalue weighted by Gasteiger charge is -2.39. The van der Waals surface area contributed by atoms with Gasteiger partial charge >= 0.3 is 0 Å². The van der Waals surface area contributed by atoms with Gasteiger partial charge in [0.2, 0.25) is 0 Å². The highest BCUT2D eigenvalue weighted by atomic mass is 127. The average Bonchev–Trinajstić information content (AvgIpc) is 3.26. The molecule has 2 saturated carbocycles. The van der Waals surface area contributed by atoms with Crippen LogP contribution >= 0.6 is 22.6 Å². The van der Waals surface area contributed by atoms with Gasteiger partial charge in [0.15, 0.2) is 0 Å². The molecule has 0 saturated heterocycles. The molecule has 2 atom stereocenters. The van der Waals surface area contributed by atoms with Gasteiger partial charge < -0.3 is 9.72 Å². The number of H-pyrrole nitrogens is 1. The molecule has 2 fully saturated rings. The molecule has 0 radical (unpaired) electrons. The van der Waals surface area contributed by atoms with Gasteiger partial charge in [0.1, 0.15) is 11.4 Å². The highest BCUT2D eigenvalue weighted by Gasteiger charge is 2.41. The van der Waals surface area contributed by atoms with E-state index in [1.807, 2.05) is 6.92 Å². The van der Waals surface area contributed by atoms with Gasteiger partial charge in [-0.2, -0.15) is 0 Å². The molecule has 2 aliphatic carbocycles. The highest BCUT2D eigenvalue weighted by molar-refractivity contribution is 14.1. The van der Waals surface area contributed by atoms with E-state index in [1.165, 1.54) is 6.42 Å². The van der Waals surface area contributed by atoms with Gasteiger partial charge in [0.05, 0.1) is 9.26 Å². The zero-order chi connectivity index (χ0) is 15.0. The van der Waals surface area contributed by atoms with Gasteiger partial charge in [-0.15, -0.1) is 0 Å². The van der Waals surface area contributed by atoms with Crippen LogP contribution in [0.25, 0.3) is 0 Å². The Morgan fingerprint density at radius 2 is 2.19 bits per heavy atom. The first-order valence-electron chi connectivity index (χ1n) is 8.00. The molecule has 0 bridgehead atoms. The number of ether oxygens (including phenoxy) is 1. The third-order valence-corrected chi connectivity index (χ3v) is 5.70. The summed E-state index contributed by atoms with van der Waals surface area (Å²) in [5.74, 6) is 1.86. The second-order valence-electron chi connectivity index (χ2n) is 6.52. The van der Waals surface area contributed by atoms with Gasteiger partial charge in [-0.05, 0) is 67.5 Å². The van der Waals surface area contributed by atoms with E-state index in [-0.39, 0.29) is 11.2 Å². The number of nitrogens with zero attached hydrogens (tertiary/aromatic N) is 1. The normalized spacial score (nSPS) is 29.6. The van der Waals surface area contributed by atoms with Crippen LogP contribution in [0.5, 0.6) is 0 Å². The quantitative estimate of drug-likeness (QED) is 0.782. The Morgan fingerprint density at radius 3 is 2.81 bits per heavy atom. The van der Waals surface area contributed by atoms with E-state index < -0.39 is 0 Å². The standard InChI is InChI=1S/C16H23IN2O2/c1-3-21-16(8-4-5-10(2)9-16)15-18-13(11-6-7-11)12(17)14(20)19-15/h10-11H,3-9H2,1-2H3,(H,18,19,20). The lowest BCUT2D eigenvalue weighted by molar-refractivity contribution is -0.0884. The van der Waals surface area contributed by atoms with E-state index in [0.717, 1.165) is 47.2 Å². The zero-order valence-corrected chi connectivity index (χ0v) is 14.9. The number of aromatic nitrogens is 2. The molecule has 3 rings (SSSR count). The molecule has 0 aromatic carbocycles. The smallest absolute Gasteiger partial charge is 0.264 e. The minimum absolute atomic E-state index is 0.000181. The summed E-state index contributed by atoms with van der Waals surface area (Å²) in [6.45, 7) is 4.94. The summed E-state index contributed by atoms with van der Waals surface area (Å²) in [5, 5.41) is 0. The summed E-state index contributed by atoms with van der Waals surface area (Å²) in [6, 6.07) is 0. The van der Waals surface area contributed by atoms with Crippen LogP contribution in [0.4, 0.5) is 0 Å². The van der Waals surface area contributed by atoms with Crippen molar-refractivity contribution in [2.45, 2.75) is 63.9 Å². The van der Waals surface area contributed by atoms with E-state index in [4.69, 9.17) is 9.72 Å². The number of hydrogen-bond donors (Lipinski definition) is 1. The molecule has 2 unspecified atom stereocenters. The summed E-state index contributed by atoms with van der Waals surface area (Å²) in [4.78, 5) is 20.2. The average molecular weight is 402 g/mol. The van der Waals surface area contributed by atoms with E-state index in [1.54, 1.807) is 0 Å². The first kappa shape index (κ1) is 15.5. The first-order chi connectivity index (χ1) is 10.1. The van der Waals surface area contributed by atoms with E-state index in [2.05, 4.69) is 34.5 Å². The Bertz CT molecular complexity index is 578. The summed E-state index contributed by atoms with van der Waals surface area (Å²) >= 11 is 2.13. The van der Waals surface area contributed by atoms with Gasteiger partial charge in [0, 0.05) is 12.5 Å². The molecule has 0 amide bonds. The van der Waals surface area contributed by atoms with Crippen molar-refractivity contribution in [3.05, 3.63) is 25.4 Å². The molecule has 21 heavy (non-hydrogen) atoms. The molecule has 2 aliphatic rings. The summed E-state index contributed by atoms with van der Waals surface area (Å²) in [6.07, 6.45) is 6.59. The van der Waals surface area contributed by atoms with E-state index >= 15 is 0 Å². The molecule has 0 spiro atoms. The van der Waals surface area contributed by atoms with Crippen LogP contribution < -0.4 is 5.56 Å². The number of rotatable bonds is 4. The molecular weight excluding hydrogens is 379 g/mol. The molecule has 1 aromatic heterocycles. The van der Waals surface area contributed by atoms with Gasteiger partial charge in [-0.3, -0.25) is 4.79 Å². The molecule has 4 nitrogen and oxygen atoms in total. The molecule has 1 N–H and O–H groups in total. The second kappa shape index (κ2) is 5.99. The Morgan fingerprint density at radius 1 is 1.43 bits per heavy atom. The fourth-order valence-corrected chi connectivity index (χ4v) is 4.21. The summed E-state index contributed by atoms with van der Waals surface area (Å²) in [7, 11) is 0. The number of nitrogens with one attached hydrogen (secondary N) is 1. The fourth-order valence-electron chi connectivity index (χ4n) is 3.51. The zero-order valence-electron chi connectivity index (χ0n) is 12.7. The minimum Gasteiger partial charge on any atom is -0.367 e. The fraction of sp³-hybridized carbons (Fsp3) is 0.750. The van der Waals surface area contributed by atoms with Crippen molar-refractivity contribution in [2.24, 2.45) is 5.92 Å². The topological polar surface area (TPSA) is 55.0 Å². The maximum atomic E-state index is 12.3. The molecule has 1 heterocycles. The number of hydrogen-bond acceptors (Lipinski definition) is 3. The third-order valence-electron chi connectivity index (χ3n) is 4.66. The predicted molar refractivity (Wildman–Crippen MR) is 90.5 cm³/mol. The third kappa shape index (κ3) is 3.04. The van der Waals surface area contributed by atoms with Crippen molar-refractivity contribution in [2.75, 3.05) is 6.61 Å². The Hall–Kier alpha value is -0.430. The van der Waals surface area contributed by atoms with Crippen molar-refractivity contribution in [1.82, 2.24) is 9.97 Å². The van der Waals surface area contributed by atoms with Crippen molar-refractivity contribution < 1.29 is 4.74 Å². The summed E-state index contributed by atoms with van der Waals surface area (Å²) < 4.78 is 6.90. The van der Waals surface area contributed by atoms with Crippen LogP contribution in [0.2, 0.25) is 0 Å². The first-order valence-corrected chi connectivity index (χ1v) is 9.08. The minimum atomic E-state index is -0.389. The van der Waals surface area contributed by atoms with Crippen LogP contribution in [-0.4, -0.2) is 16.6 Å². The van der Waals surface area contributed by atoms with Gasteiger partial charge in [-0.25, -0.2) is 4.98 Å². The predicted octanol–water partition coefficient (Wildman–Crippen LogP) is 3.69. The lowest BCUT2D eigenvalue weighted by Crippen LogP contribution is -2.39. The maximum Gasteiger partial charge on any atom is 0.264 e. The number of aromatic amines is 1. The van der Waals surface area contributed by atoms with Crippen molar-refractivity contribution >= 4 is 22.6 Å². The van der Waals surface area contributed by atoms with Crippen LogP contribution in [0.1, 0.15) is 69.8 Å². The Labute approximate surface area is 139 Å². The summed E-state index contributed by atoms with van der Waals surface area (Å²) in [5.41, 5.74) is 0.603. The van der Waals surface area contributed by atoms with Crippen molar-refractivity contribution in [3.8, 4) is 0 Å². The Balaban J connectivity index is 2.05. The monoisotopic (exact) mass is 402 g/mol. The van der Waals surface area contributed by atoms with E-state index in [9.17, 15) is 4.79 Å². The SMILES string of the molecule is CCOC1(c2nc(C3CC3)c(I)c(=O)[nH]2)CCCC(C)C1. The number of halogens is 1. The second-order valence-corrected chi connectivity index (χ2v) is 7.60. The molecular formula is C16H23IN2O2. The molecule has 5 heteroatoms. The van der Waals surface area contributed by atoms with Crippen molar-refractivity contribution in [1.29, 1.82) is 0 Å². The van der Waals surface area contributed by atoms with Crippen LogP contribution in [-0.2, 0) is 10.3 Å².